The molecule has 5 heteroatoms. The van der Waals surface area contributed by atoms with Crippen LogP contribution in [0, 0.1) is 0 Å². The van der Waals surface area contributed by atoms with Gasteiger partial charge in [0.2, 0.25) is 0 Å². The molecule has 1 unspecified atom stereocenters. The number of ether oxygens (including phenoxy) is 2. The normalized spacial score (nSPS) is 11.9. The minimum absolute atomic E-state index is 0.0827. The quantitative estimate of drug-likeness (QED) is 0.674. The molecule has 0 aliphatic rings. The smallest absolute Gasteiger partial charge is 0.124 e. The van der Waals surface area contributed by atoms with Crippen LogP contribution in [0.3, 0.4) is 0 Å². The van der Waals surface area contributed by atoms with Crippen LogP contribution >= 0.6 is 0 Å². The molecule has 5 nitrogen and oxygen atoms in total. The van der Waals surface area contributed by atoms with Gasteiger partial charge in [0.25, 0.3) is 0 Å². The van der Waals surface area contributed by atoms with Gasteiger partial charge in [0, 0.05) is 17.3 Å². The number of hydrogen-bond acceptors (Lipinski definition) is 5. The van der Waals surface area contributed by atoms with Crippen LogP contribution in [0.5, 0.6) is 11.5 Å². The van der Waals surface area contributed by atoms with Gasteiger partial charge in [-0.15, -0.1) is 0 Å². The SMILES string of the molecule is Nc1cccc(OCC(O)COc2ccccc2CO)c1. The lowest BCUT2D eigenvalue weighted by atomic mass is 10.2. The number of anilines is 1. The van der Waals surface area contributed by atoms with Crippen LogP contribution in [0.1, 0.15) is 5.56 Å². The number of rotatable bonds is 7. The Morgan fingerprint density at radius 3 is 2.52 bits per heavy atom. The summed E-state index contributed by atoms with van der Waals surface area (Å²) in [5, 5.41) is 19.0. The molecule has 2 rings (SSSR count). The second-order valence-electron chi connectivity index (χ2n) is 4.61. The van der Waals surface area contributed by atoms with Gasteiger partial charge in [-0.1, -0.05) is 24.3 Å². The molecule has 0 bridgehead atoms. The standard InChI is InChI=1S/C16H19NO4/c17-13-5-3-6-15(8-13)20-10-14(19)11-21-16-7-2-1-4-12(16)9-18/h1-8,14,18-19H,9-11,17H2. The largest absolute Gasteiger partial charge is 0.491 e. The molecule has 0 aromatic heterocycles. The molecule has 112 valence electrons. The van der Waals surface area contributed by atoms with Gasteiger partial charge < -0.3 is 25.4 Å². The average molecular weight is 289 g/mol. The van der Waals surface area contributed by atoms with Crippen LogP contribution in [0.4, 0.5) is 5.69 Å². The monoisotopic (exact) mass is 289 g/mol. The topological polar surface area (TPSA) is 84.9 Å². The number of nitrogens with two attached hydrogens (primary N) is 1. The summed E-state index contributed by atoms with van der Waals surface area (Å²) in [7, 11) is 0. The third-order valence-electron chi connectivity index (χ3n) is 2.87. The zero-order valence-corrected chi connectivity index (χ0v) is 11.6. The lowest BCUT2D eigenvalue weighted by Gasteiger charge is -2.15. The lowest BCUT2D eigenvalue weighted by Crippen LogP contribution is -2.25. The van der Waals surface area contributed by atoms with E-state index in [4.69, 9.17) is 15.2 Å². The van der Waals surface area contributed by atoms with Gasteiger partial charge in [0.15, 0.2) is 0 Å². The number of aliphatic hydroxyl groups excluding tert-OH is 2. The second kappa shape index (κ2) is 7.52. The molecule has 0 amide bonds. The lowest BCUT2D eigenvalue weighted by molar-refractivity contribution is 0.0618. The molecule has 21 heavy (non-hydrogen) atoms. The van der Waals surface area contributed by atoms with Crippen molar-refractivity contribution in [3.8, 4) is 11.5 Å². The van der Waals surface area contributed by atoms with Crippen LogP contribution in [-0.4, -0.2) is 29.5 Å². The third-order valence-corrected chi connectivity index (χ3v) is 2.87. The molecular weight excluding hydrogens is 270 g/mol. The Bertz CT molecular complexity index is 574. The van der Waals surface area contributed by atoms with E-state index < -0.39 is 6.10 Å². The fourth-order valence-electron chi connectivity index (χ4n) is 1.81. The summed E-state index contributed by atoms with van der Waals surface area (Å²) >= 11 is 0. The first-order chi connectivity index (χ1) is 10.2. The van der Waals surface area contributed by atoms with Crippen molar-refractivity contribution in [2.45, 2.75) is 12.7 Å². The molecule has 0 saturated carbocycles. The van der Waals surface area contributed by atoms with Crippen molar-refractivity contribution in [3.05, 3.63) is 54.1 Å². The van der Waals surface area contributed by atoms with Crippen molar-refractivity contribution in [1.29, 1.82) is 0 Å². The molecule has 0 saturated heterocycles. The zero-order valence-electron chi connectivity index (χ0n) is 11.6. The van der Waals surface area contributed by atoms with Crippen molar-refractivity contribution >= 4 is 5.69 Å². The van der Waals surface area contributed by atoms with Crippen LogP contribution in [-0.2, 0) is 6.61 Å². The van der Waals surface area contributed by atoms with E-state index in [1.165, 1.54) is 0 Å². The van der Waals surface area contributed by atoms with E-state index in [0.717, 1.165) is 0 Å². The van der Waals surface area contributed by atoms with Gasteiger partial charge in [0.1, 0.15) is 30.8 Å². The number of hydrogen-bond donors (Lipinski definition) is 3. The summed E-state index contributed by atoms with van der Waals surface area (Å²) in [4.78, 5) is 0. The van der Waals surface area contributed by atoms with Gasteiger partial charge in [-0.2, -0.15) is 0 Å². The Kier molecular flexibility index (Phi) is 5.43. The Morgan fingerprint density at radius 2 is 1.76 bits per heavy atom. The molecule has 0 spiro atoms. The van der Waals surface area contributed by atoms with Crippen molar-refractivity contribution in [3.63, 3.8) is 0 Å². The molecule has 0 radical (unpaired) electrons. The van der Waals surface area contributed by atoms with Crippen LogP contribution in [0.2, 0.25) is 0 Å². The van der Waals surface area contributed by atoms with Crippen molar-refractivity contribution in [2.75, 3.05) is 18.9 Å². The van der Waals surface area contributed by atoms with Crippen LogP contribution in [0.25, 0.3) is 0 Å². The van der Waals surface area contributed by atoms with E-state index in [1.807, 2.05) is 12.1 Å². The molecule has 1 atom stereocenters. The first-order valence-electron chi connectivity index (χ1n) is 6.67. The molecule has 0 heterocycles. The first kappa shape index (κ1) is 15.2. The van der Waals surface area contributed by atoms with Gasteiger partial charge in [-0.25, -0.2) is 0 Å². The predicted octanol–water partition coefficient (Wildman–Crippen LogP) is 1.58. The van der Waals surface area contributed by atoms with Gasteiger partial charge in [-0.05, 0) is 18.2 Å². The summed E-state index contributed by atoms with van der Waals surface area (Å²) in [6, 6.07) is 14.1. The van der Waals surface area contributed by atoms with Crippen LogP contribution < -0.4 is 15.2 Å². The maximum atomic E-state index is 9.86. The molecule has 0 fully saturated rings. The zero-order chi connectivity index (χ0) is 15.1. The summed E-state index contributed by atoms with van der Waals surface area (Å²) < 4.78 is 10.9. The number of para-hydroxylation sites is 1. The highest BCUT2D eigenvalue weighted by Crippen LogP contribution is 2.18. The van der Waals surface area contributed by atoms with Crippen molar-refractivity contribution < 1.29 is 19.7 Å². The van der Waals surface area contributed by atoms with Crippen molar-refractivity contribution in [2.24, 2.45) is 0 Å². The Balaban J connectivity index is 1.81. The number of benzene rings is 2. The summed E-state index contributed by atoms with van der Waals surface area (Å²) in [5.74, 6) is 1.16. The highest BCUT2D eigenvalue weighted by atomic mass is 16.5. The summed E-state index contributed by atoms with van der Waals surface area (Å²) in [5.41, 5.74) is 6.93. The molecule has 4 N–H and O–H groups in total. The average Bonchev–Trinajstić information content (AvgIpc) is 2.51. The summed E-state index contributed by atoms with van der Waals surface area (Å²) in [6.07, 6.45) is -0.779. The van der Waals surface area contributed by atoms with Gasteiger partial charge >= 0.3 is 0 Å². The fraction of sp³-hybridized carbons (Fsp3) is 0.250. The molecule has 2 aromatic carbocycles. The molecule has 0 aliphatic carbocycles. The predicted molar refractivity (Wildman–Crippen MR) is 80.2 cm³/mol. The third kappa shape index (κ3) is 4.66. The Labute approximate surface area is 123 Å². The van der Waals surface area contributed by atoms with E-state index in [1.54, 1.807) is 36.4 Å². The second-order valence-corrected chi connectivity index (χ2v) is 4.61. The van der Waals surface area contributed by atoms with Crippen LogP contribution in [0.15, 0.2) is 48.5 Å². The Hall–Kier alpha value is -2.24. The highest BCUT2D eigenvalue weighted by Gasteiger charge is 2.08. The minimum Gasteiger partial charge on any atom is -0.491 e. The van der Waals surface area contributed by atoms with Crippen molar-refractivity contribution in [1.82, 2.24) is 0 Å². The maximum Gasteiger partial charge on any atom is 0.124 e. The fourth-order valence-corrected chi connectivity index (χ4v) is 1.81. The molecular formula is C16H19NO4. The summed E-state index contributed by atoms with van der Waals surface area (Å²) in [6.45, 7) is 0.0795. The Morgan fingerprint density at radius 1 is 1.00 bits per heavy atom. The van der Waals surface area contributed by atoms with E-state index in [9.17, 15) is 10.2 Å². The van der Waals surface area contributed by atoms with E-state index in [0.29, 0.717) is 22.7 Å². The van der Waals surface area contributed by atoms with E-state index >= 15 is 0 Å². The molecule has 0 aliphatic heterocycles. The van der Waals surface area contributed by atoms with Gasteiger partial charge in [0.05, 0.1) is 6.61 Å². The van der Waals surface area contributed by atoms with E-state index in [-0.39, 0.29) is 19.8 Å². The first-order valence-corrected chi connectivity index (χ1v) is 6.67. The number of aliphatic hydroxyl groups is 2. The highest BCUT2D eigenvalue weighted by molar-refractivity contribution is 5.43. The maximum absolute atomic E-state index is 9.86. The van der Waals surface area contributed by atoms with E-state index in [2.05, 4.69) is 0 Å². The molecule has 2 aromatic rings. The number of nitrogen functional groups attached to an aromatic ring is 1. The minimum atomic E-state index is -0.779. The van der Waals surface area contributed by atoms with Gasteiger partial charge in [-0.3, -0.25) is 0 Å².